The molecule has 1 aliphatic carbocycles. The molecule has 0 spiro atoms. The minimum atomic E-state index is -1.10. The largest absolute Gasteiger partial charge is 0.481 e. The highest BCUT2D eigenvalue weighted by Crippen LogP contribution is 2.44. The minimum absolute atomic E-state index is 0.0983. The summed E-state index contributed by atoms with van der Waals surface area (Å²) in [7, 11) is 0. The van der Waals surface area contributed by atoms with Crippen LogP contribution in [0.4, 0.5) is 4.79 Å². The number of hydrogen-bond acceptors (Lipinski definition) is 5. The second-order valence-corrected chi connectivity index (χ2v) is 10.4. The molecule has 40 heavy (non-hydrogen) atoms. The van der Waals surface area contributed by atoms with Gasteiger partial charge in [0.2, 0.25) is 5.91 Å². The molecule has 3 aromatic rings. The van der Waals surface area contributed by atoms with E-state index in [1.807, 2.05) is 80.6 Å². The number of aliphatic carboxylic acids is 1. The zero-order valence-corrected chi connectivity index (χ0v) is 23.0. The van der Waals surface area contributed by atoms with Crippen LogP contribution in [0.15, 0.2) is 78.9 Å². The van der Waals surface area contributed by atoms with E-state index >= 15 is 0 Å². The normalized spacial score (nSPS) is 14.5. The average molecular weight is 545 g/mol. The first kappa shape index (κ1) is 28.8. The predicted molar refractivity (Wildman–Crippen MR) is 152 cm³/mol. The molecule has 0 heterocycles. The van der Waals surface area contributed by atoms with E-state index in [0.717, 1.165) is 27.8 Å². The first-order chi connectivity index (χ1) is 19.2. The number of carboxylic acids is 1. The van der Waals surface area contributed by atoms with Crippen molar-refractivity contribution in [1.29, 1.82) is 0 Å². The SMILES string of the molecule is CC(C)C(CC(=O)O)NC(=O)[C@H](NC(=O)OCC1c2ccccc2-c2ccccc21)[C@H](C)OCc1ccccc1. The topological polar surface area (TPSA) is 114 Å². The number of amides is 2. The second-order valence-electron chi connectivity index (χ2n) is 10.4. The molecule has 3 N–H and O–H groups in total. The number of carbonyl (C=O) groups excluding carboxylic acids is 2. The summed E-state index contributed by atoms with van der Waals surface area (Å²) in [4.78, 5) is 37.8. The fourth-order valence-corrected chi connectivity index (χ4v) is 4.98. The molecule has 0 saturated carbocycles. The summed E-state index contributed by atoms with van der Waals surface area (Å²) >= 11 is 0. The maximum Gasteiger partial charge on any atom is 0.407 e. The van der Waals surface area contributed by atoms with Gasteiger partial charge >= 0.3 is 12.1 Å². The van der Waals surface area contributed by atoms with Gasteiger partial charge in [0.15, 0.2) is 0 Å². The van der Waals surface area contributed by atoms with Gasteiger partial charge in [-0.25, -0.2) is 4.79 Å². The number of nitrogens with one attached hydrogen (secondary N) is 2. The van der Waals surface area contributed by atoms with Crippen molar-refractivity contribution in [1.82, 2.24) is 10.6 Å². The van der Waals surface area contributed by atoms with E-state index in [9.17, 15) is 19.5 Å². The van der Waals surface area contributed by atoms with Gasteiger partial charge in [0.1, 0.15) is 12.6 Å². The van der Waals surface area contributed by atoms with Gasteiger partial charge in [-0.2, -0.15) is 0 Å². The van der Waals surface area contributed by atoms with Crippen LogP contribution in [0.5, 0.6) is 0 Å². The summed E-state index contributed by atoms with van der Waals surface area (Å²) < 4.78 is 11.6. The Labute approximate surface area is 234 Å². The Morgan fingerprint density at radius 2 is 1.40 bits per heavy atom. The summed E-state index contributed by atoms with van der Waals surface area (Å²) in [5, 5.41) is 14.8. The number of carboxylic acid groups (broad SMARTS) is 1. The summed E-state index contributed by atoms with van der Waals surface area (Å²) in [5.74, 6) is -1.81. The molecule has 0 aromatic heterocycles. The molecular weight excluding hydrogens is 508 g/mol. The third kappa shape index (κ3) is 7.07. The second kappa shape index (κ2) is 13.3. The van der Waals surface area contributed by atoms with Gasteiger partial charge in [-0.05, 0) is 40.7 Å². The van der Waals surface area contributed by atoms with Crippen molar-refractivity contribution in [2.75, 3.05) is 6.61 Å². The van der Waals surface area contributed by atoms with E-state index in [1.54, 1.807) is 6.92 Å². The quantitative estimate of drug-likeness (QED) is 0.292. The van der Waals surface area contributed by atoms with Gasteiger partial charge in [-0.3, -0.25) is 9.59 Å². The Bertz CT molecular complexity index is 1280. The zero-order chi connectivity index (χ0) is 28.6. The average Bonchev–Trinajstić information content (AvgIpc) is 3.27. The maximum absolute atomic E-state index is 13.4. The van der Waals surface area contributed by atoms with E-state index in [-0.39, 0.29) is 31.5 Å². The van der Waals surface area contributed by atoms with Crippen molar-refractivity contribution in [3.05, 3.63) is 95.6 Å². The summed E-state index contributed by atoms with van der Waals surface area (Å²) in [5.41, 5.74) is 5.31. The van der Waals surface area contributed by atoms with Crippen molar-refractivity contribution in [2.24, 2.45) is 5.92 Å². The van der Waals surface area contributed by atoms with Crippen LogP contribution < -0.4 is 10.6 Å². The van der Waals surface area contributed by atoms with Gasteiger partial charge in [0.05, 0.1) is 19.1 Å². The Morgan fingerprint density at radius 3 is 1.98 bits per heavy atom. The summed E-state index contributed by atoms with van der Waals surface area (Å²) in [6, 6.07) is 23.9. The van der Waals surface area contributed by atoms with E-state index in [2.05, 4.69) is 22.8 Å². The lowest BCUT2D eigenvalue weighted by Crippen LogP contribution is -2.56. The Morgan fingerprint density at radius 1 is 0.825 bits per heavy atom. The fraction of sp³-hybridized carbons (Fsp3) is 0.344. The molecule has 3 aromatic carbocycles. The molecule has 8 heteroatoms. The summed E-state index contributed by atoms with van der Waals surface area (Å²) in [6.45, 7) is 5.69. The molecular formula is C32H36N2O6. The lowest BCUT2D eigenvalue weighted by Gasteiger charge is -2.28. The molecule has 4 rings (SSSR count). The van der Waals surface area contributed by atoms with Gasteiger partial charge in [0, 0.05) is 12.0 Å². The fourth-order valence-electron chi connectivity index (χ4n) is 4.98. The number of ether oxygens (including phenoxy) is 2. The molecule has 2 amide bonds. The first-order valence-electron chi connectivity index (χ1n) is 13.5. The van der Waals surface area contributed by atoms with Crippen LogP contribution in [-0.4, -0.2) is 47.9 Å². The number of benzene rings is 3. The first-order valence-corrected chi connectivity index (χ1v) is 13.5. The number of alkyl carbamates (subject to hydrolysis) is 1. The standard InChI is InChI=1S/C32H36N2O6/c1-20(2)28(17-29(35)36)33-31(37)30(21(3)39-18-22-11-5-4-6-12-22)34-32(38)40-19-27-25-15-9-7-13-23(25)24-14-8-10-16-26(24)27/h4-16,20-21,27-28,30H,17-19H2,1-3H3,(H,33,37)(H,34,38)(H,35,36)/t21-,28?,30+/m0/s1. The van der Waals surface area contributed by atoms with E-state index in [0.29, 0.717) is 0 Å². The van der Waals surface area contributed by atoms with E-state index < -0.39 is 36.2 Å². The highest BCUT2D eigenvalue weighted by molar-refractivity contribution is 5.87. The minimum Gasteiger partial charge on any atom is -0.481 e. The Hall–Kier alpha value is -4.17. The van der Waals surface area contributed by atoms with Crippen molar-refractivity contribution < 1.29 is 29.0 Å². The van der Waals surface area contributed by atoms with Crippen LogP contribution in [0.1, 0.15) is 49.8 Å². The smallest absolute Gasteiger partial charge is 0.407 e. The number of fused-ring (bicyclic) bond motifs is 3. The van der Waals surface area contributed by atoms with Crippen LogP contribution in [0, 0.1) is 5.92 Å². The van der Waals surface area contributed by atoms with Crippen LogP contribution in [0.2, 0.25) is 0 Å². The highest BCUT2D eigenvalue weighted by Gasteiger charge is 2.33. The molecule has 0 saturated heterocycles. The molecule has 0 aliphatic heterocycles. The molecule has 8 nitrogen and oxygen atoms in total. The third-order valence-corrected chi connectivity index (χ3v) is 7.25. The molecule has 3 atom stereocenters. The lowest BCUT2D eigenvalue weighted by atomic mass is 9.98. The Balaban J connectivity index is 1.46. The predicted octanol–water partition coefficient (Wildman–Crippen LogP) is 5.11. The van der Waals surface area contributed by atoms with Crippen LogP contribution in [-0.2, 0) is 25.7 Å². The highest BCUT2D eigenvalue weighted by atomic mass is 16.5. The van der Waals surface area contributed by atoms with Crippen LogP contribution in [0.3, 0.4) is 0 Å². The van der Waals surface area contributed by atoms with E-state index in [1.165, 1.54) is 0 Å². The number of carbonyl (C=O) groups is 3. The zero-order valence-electron chi connectivity index (χ0n) is 23.0. The molecule has 0 fully saturated rings. The van der Waals surface area contributed by atoms with Gasteiger partial charge < -0.3 is 25.2 Å². The lowest BCUT2D eigenvalue weighted by molar-refractivity contribution is -0.138. The molecule has 1 aliphatic rings. The molecule has 0 radical (unpaired) electrons. The van der Waals surface area contributed by atoms with Crippen LogP contribution >= 0.6 is 0 Å². The van der Waals surface area contributed by atoms with Crippen molar-refractivity contribution in [3.63, 3.8) is 0 Å². The van der Waals surface area contributed by atoms with Crippen molar-refractivity contribution in [2.45, 2.75) is 57.9 Å². The van der Waals surface area contributed by atoms with Crippen molar-refractivity contribution in [3.8, 4) is 11.1 Å². The van der Waals surface area contributed by atoms with Crippen LogP contribution in [0.25, 0.3) is 11.1 Å². The summed E-state index contributed by atoms with van der Waals surface area (Å²) in [6.07, 6.45) is -1.71. The number of rotatable bonds is 12. The number of hydrogen-bond donors (Lipinski definition) is 3. The maximum atomic E-state index is 13.4. The third-order valence-electron chi connectivity index (χ3n) is 7.25. The molecule has 0 bridgehead atoms. The van der Waals surface area contributed by atoms with Crippen molar-refractivity contribution >= 4 is 18.0 Å². The monoisotopic (exact) mass is 544 g/mol. The van der Waals surface area contributed by atoms with Gasteiger partial charge in [-0.1, -0.05) is 92.7 Å². The van der Waals surface area contributed by atoms with Gasteiger partial charge in [-0.15, -0.1) is 0 Å². The van der Waals surface area contributed by atoms with Gasteiger partial charge in [0.25, 0.3) is 0 Å². The van der Waals surface area contributed by atoms with E-state index in [4.69, 9.17) is 9.47 Å². The molecule has 1 unspecified atom stereocenters. The Kier molecular flexibility index (Phi) is 9.56. The molecule has 210 valence electrons.